The third-order valence-corrected chi connectivity index (χ3v) is 2.46. The van der Waals surface area contributed by atoms with E-state index in [0.717, 1.165) is 0 Å². The summed E-state index contributed by atoms with van der Waals surface area (Å²) in [4.78, 5) is -0.105. The summed E-state index contributed by atoms with van der Waals surface area (Å²) in [5, 5.41) is 0. The molecule has 2 aromatic carbocycles. The molecule has 87 valence electrons. The molecule has 0 aliphatic carbocycles. The van der Waals surface area contributed by atoms with E-state index in [9.17, 15) is 8.42 Å². The Hall–Kier alpha value is -0.546. The van der Waals surface area contributed by atoms with Crippen LogP contribution in [0.2, 0.25) is 0 Å². The fourth-order valence-electron chi connectivity index (χ4n) is 0.885. The Kier molecular flexibility index (Phi) is 8.26. The van der Waals surface area contributed by atoms with Crippen molar-refractivity contribution >= 4 is 10.1 Å². The molecule has 3 nitrogen and oxygen atoms in total. The van der Waals surface area contributed by atoms with Crippen molar-refractivity contribution in [2.24, 2.45) is 0 Å². The van der Waals surface area contributed by atoms with Crippen LogP contribution in [0, 0.1) is 12.1 Å². The second kappa shape index (κ2) is 8.53. The molecule has 0 aliphatic rings. The van der Waals surface area contributed by atoms with Crippen LogP contribution in [0.4, 0.5) is 0 Å². The molecule has 5 heteroatoms. The van der Waals surface area contributed by atoms with Gasteiger partial charge in [-0.05, 0) is 4.90 Å². The van der Waals surface area contributed by atoms with Gasteiger partial charge in [0.2, 0.25) is 0 Å². The van der Waals surface area contributed by atoms with Gasteiger partial charge in [0, 0.05) is 32.7 Å². The largest absolute Gasteiger partial charge is 0.283 e. The SMILES string of the molecule is O=S(=O)(O)c1cc[c-]cc1.[Y].[c-]1ccccc1. The molecule has 0 amide bonds. The molecule has 0 saturated carbocycles. The normalized spacial score (nSPS) is 9.47. The molecular weight excluding hydrogens is 313 g/mol. The molecule has 0 atom stereocenters. The second-order valence-electron chi connectivity index (χ2n) is 2.79. The van der Waals surface area contributed by atoms with E-state index in [1.165, 1.54) is 24.3 Å². The van der Waals surface area contributed by atoms with Crippen LogP contribution in [0.1, 0.15) is 0 Å². The van der Waals surface area contributed by atoms with Crippen LogP contribution in [0.5, 0.6) is 0 Å². The molecule has 0 aliphatic heterocycles. The van der Waals surface area contributed by atoms with Crippen molar-refractivity contribution in [3.63, 3.8) is 0 Å². The summed E-state index contributed by atoms with van der Waals surface area (Å²) in [5.74, 6) is 0. The molecule has 1 N–H and O–H groups in total. The van der Waals surface area contributed by atoms with Crippen LogP contribution < -0.4 is 0 Å². The summed E-state index contributed by atoms with van der Waals surface area (Å²) >= 11 is 0. The fourth-order valence-corrected chi connectivity index (χ4v) is 1.37. The van der Waals surface area contributed by atoms with E-state index in [-0.39, 0.29) is 37.6 Å². The predicted molar refractivity (Wildman–Crippen MR) is 60.4 cm³/mol. The molecule has 17 heavy (non-hydrogen) atoms. The molecule has 0 spiro atoms. The van der Waals surface area contributed by atoms with Gasteiger partial charge in [-0.3, -0.25) is 4.55 Å². The summed E-state index contributed by atoms with van der Waals surface area (Å²) in [6, 6.07) is 20.5. The van der Waals surface area contributed by atoms with Crippen LogP contribution in [0.3, 0.4) is 0 Å². The van der Waals surface area contributed by atoms with Crippen molar-refractivity contribution in [2.45, 2.75) is 4.90 Å². The van der Waals surface area contributed by atoms with Gasteiger partial charge in [-0.1, -0.05) is 0 Å². The van der Waals surface area contributed by atoms with Gasteiger partial charge in [0.05, 0.1) is 0 Å². The summed E-state index contributed by atoms with van der Waals surface area (Å²) < 4.78 is 29.2. The van der Waals surface area contributed by atoms with E-state index in [1.54, 1.807) is 0 Å². The Balaban J connectivity index is 0.000000316. The van der Waals surface area contributed by atoms with Crippen molar-refractivity contribution in [1.29, 1.82) is 0 Å². The molecule has 1 radical (unpaired) electrons. The number of hydrogen-bond acceptors (Lipinski definition) is 2. The minimum atomic E-state index is -4.02. The topological polar surface area (TPSA) is 54.4 Å². The number of hydrogen-bond donors (Lipinski definition) is 1. The molecule has 0 fully saturated rings. The van der Waals surface area contributed by atoms with Crippen LogP contribution in [0.25, 0.3) is 0 Å². The van der Waals surface area contributed by atoms with Gasteiger partial charge in [-0.15, -0.1) is 12.1 Å². The Morgan fingerprint density at radius 1 is 0.882 bits per heavy atom. The van der Waals surface area contributed by atoms with E-state index in [1.807, 2.05) is 30.3 Å². The first-order chi connectivity index (χ1) is 7.61. The van der Waals surface area contributed by atoms with Crippen LogP contribution in [-0.4, -0.2) is 13.0 Å². The standard InChI is InChI=1S/C6H5O3S.C6H5.Y/c7-10(8,9)6-4-2-1-3-5-6;1-2-4-6-5-3-1;/h2-5H,(H,7,8,9);1-5H;/q2*-1;. The maximum Gasteiger partial charge on any atom is 0.271 e. The summed E-state index contributed by atoms with van der Waals surface area (Å²) in [6.45, 7) is 0. The van der Waals surface area contributed by atoms with E-state index in [0.29, 0.717) is 0 Å². The Morgan fingerprint density at radius 3 is 1.59 bits per heavy atom. The zero-order valence-corrected chi connectivity index (χ0v) is 12.6. The van der Waals surface area contributed by atoms with Gasteiger partial charge < -0.3 is 0 Å². The molecule has 0 bridgehead atoms. The Bertz CT molecular complexity index is 471. The predicted octanol–water partition coefficient (Wildman–Crippen LogP) is 2.22. The zero-order chi connectivity index (χ0) is 11.9. The zero-order valence-electron chi connectivity index (χ0n) is 8.95. The van der Waals surface area contributed by atoms with Gasteiger partial charge in [0.15, 0.2) is 0 Å². The fraction of sp³-hybridized carbons (Fsp3) is 0. The molecule has 2 aromatic rings. The van der Waals surface area contributed by atoms with Gasteiger partial charge in [-0.2, -0.15) is 63.0 Å². The van der Waals surface area contributed by atoms with E-state index in [4.69, 9.17) is 4.55 Å². The van der Waals surface area contributed by atoms with Gasteiger partial charge in [0.1, 0.15) is 0 Å². The maximum absolute atomic E-state index is 10.4. The average Bonchev–Trinajstić information content (AvgIpc) is 2.32. The number of rotatable bonds is 1. The first-order valence-corrected chi connectivity index (χ1v) is 5.89. The van der Waals surface area contributed by atoms with Gasteiger partial charge in [0.25, 0.3) is 10.1 Å². The second-order valence-corrected chi connectivity index (χ2v) is 4.21. The molecule has 0 saturated heterocycles. The van der Waals surface area contributed by atoms with Crippen LogP contribution in [-0.2, 0) is 42.8 Å². The van der Waals surface area contributed by atoms with E-state index < -0.39 is 10.1 Å². The van der Waals surface area contributed by atoms with Gasteiger partial charge >= 0.3 is 0 Å². The average molecular weight is 323 g/mol. The van der Waals surface area contributed by atoms with Crippen molar-refractivity contribution in [3.05, 3.63) is 66.7 Å². The first kappa shape index (κ1) is 16.5. The molecule has 0 heterocycles. The summed E-state index contributed by atoms with van der Waals surface area (Å²) in [6.07, 6.45) is 0. The van der Waals surface area contributed by atoms with Gasteiger partial charge in [-0.25, -0.2) is 0 Å². The first-order valence-electron chi connectivity index (χ1n) is 4.45. The van der Waals surface area contributed by atoms with E-state index in [2.05, 4.69) is 12.1 Å². The smallest absolute Gasteiger partial charge is 0.271 e. The van der Waals surface area contributed by atoms with Crippen molar-refractivity contribution < 1.29 is 45.7 Å². The summed E-state index contributed by atoms with van der Waals surface area (Å²) in [5.41, 5.74) is 0. The van der Waals surface area contributed by atoms with E-state index >= 15 is 0 Å². The maximum atomic E-state index is 10.4. The van der Waals surface area contributed by atoms with Crippen molar-refractivity contribution in [1.82, 2.24) is 0 Å². The molecular formula is C12H10O3SY-2. The minimum absolute atomic E-state index is 0. The molecule has 2 rings (SSSR count). The molecule has 0 unspecified atom stereocenters. The third-order valence-electron chi connectivity index (χ3n) is 1.59. The van der Waals surface area contributed by atoms with Crippen LogP contribution >= 0.6 is 0 Å². The third kappa shape index (κ3) is 7.39. The monoisotopic (exact) mass is 323 g/mol. The number of benzene rings is 2. The Labute approximate surface area is 127 Å². The quantitative estimate of drug-likeness (QED) is 0.647. The van der Waals surface area contributed by atoms with Crippen LogP contribution in [0.15, 0.2) is 59.5 Å². The molecule has 0 aromatic heterocycles. The van der Waals surface area contributed by atoms with Crippen molar-refractivity contribution in [3.8, 4) is 0 Å². The van der Waals surface area contributed by atoms with Crippen molar-refractivity contribution in [2.75, 3.05) is 0 Å². The Morgan fingerprint density at radius 2 is 1.35 bits per heavy atom. The minimum Gasteiger partial charge on any atom is -0.283 e. The summed E-state index contributed by atoms with van der Waals surface area (Å²) in [7, 11) is -4.02.